The average Bonchev–Trinajstić information content (AvgIpc) is 2.96. The SMILES string of the molecule is CC(C)(O)CCNc1ccccc1NC(=O)NC1(CO)CCCC1. The number of aliphatic hydroxyl groups is 2. The van der Waals surface area contributed by atoms with Crippen molar-refractivity contribution in [2.45, 2.75) is 57.1 Å². The Bertz CT molecular complexity index is 549. The number of para-hydroxylation sites is 2. The van der Waals surface area contributed by atoms with Crippen molar-refractivity contribution in [1.82, 2.24) is 5.32 Å². The zero-order valence-electron chi connectivity index (χ0n) is 14.6. The molecule has 1 aliphatic carbocycles. The molecular weight excluding hydrogens is 306 g/mol. The monoisotopic (exact) mass is 335 g/mol. The second-order valence-corrected chi connectivity index (χ2v) is 7.26. The Kier molecular flexibility index (Phi) is 6.07. The summed E-state index contributed by atoms with van der Waals surface area (Å²) in [6, 6.07) is 7.15. The van der Waals surface area contributed by atoms with E-state index in [0.29, 0.717) is 18.7 Å². The molecule has 24 heavy (non-hydrogen) atoms. The van der Waals surface area contributed by atoms with E-state index in [1.54, 1.807) is 13.8 Å². The zero-order valence-corrected chi connectivity index (χ0v) is 14.6. The number of hydrogen-bond donors (Lipinski definition) is 5. The van der Waals surface area contributed by atoms with E-state index in [-0.39, 0.29) is 12.6 Å². The number of amides is 2. The molecule has 0 heterocycles. The summed E-state index contributed by atoms with van der Waals surface area (Å²) in [6.07, 6.45) is 4.26. The van der Waals surface area contributed by atoms with E-state index in [2.05, 4.69) is 16.0 Å². The van der Waals surface area contributed by atoms with Crippen LogP contribution in [0.3, 0.4) is 0 Å². The van der Waals surface area contributed by atoms with Gasteiger partial charge in [0.05, 0.1) is 29.1 Å². The average molecular weight is 335 g/mol. The molecule has 1 fully saturated rings. The number of nitrogens with one attached hydrogen (secondary N) is 3. The first-order chi connectivity index (χ1) is 11.3. The van der Waals surface area contributed by atoms with Crippen molar-refractivity contribution in [3.05, 3.63) is 24.3 Å². The highest BCUT2D eigenvalue weighted by Gasteiger charge is 2.34. The smallest absolute Gasteiger partial charge is 0.319 e. The van der Waals surface area contributed by atoms with Gasteiger partial charge < -0.3 is 26.2 Å². The van der Waals surface area contributed by atoms with Gasteiger partial charge in [0, 0.05) is 6.54 Å². The third-order valence-electron chi connectivity index (χ3n) is 4.47. The number of aliphatic hydroxyl groups excluding tert-OH is 1. The van der Waals surface area contributed by atoms with Crippen molar-refractivity contribution in [2.24, 2.45) is 0 Å². The van der Waals surface area contributed by atoms with Gasteiger partial charge in [-0.15, -0.1) is 0 Å². The third kappa shape index (κ3) is 5.39. The van der Waals surface area contributed by atoms with Crippen molar-refractivity contribution in [1.29, 1.82) is 0 Å². The number of rotatable bonds is 7. The summed E-state index contributed by atoms with van der Waals surface area (Å²) in [5.41, 5.74) is 0.258. The summed E-state index contributed by atoms with van der Waals surface area (Å²) >= 11 is 0. The van der Waals surface area contributed by atoms with Crippen LogP contribution in [-0.2, 0) is 0 Å². The van der Waals surface area contributed by atoms with Crippen molar-refractivity contribution in [3.63, 3.8) is 0 Å². The van der Waals surface area contributed by atoms with Gasteiger partial charge in [-0.1, -0.05) is 25.0 Å². The van der Waals surface area contributed by atoms with Crippen LogP contribution < -0.4 is 16.0 Å². The molecule has 0 unspecified atom stereocenters. The minimum absolute atomic E-state index is 0.0358. The standard InChI is InChI=1S/C18H29N3O3/c1-17(2,24)11-12-19-14-7-3-4-8-15(14)20-16(23)21-18(13-22)9-5-6-10-18/h3-4,7-8,19,22,24H,5-6,9-13H2,1-2H3,(H2,20,21,23). The lowest BCUT2D eigenvalue weighted by atomic mass is 9.99. The third-order valence-corrected chi connectivity index (χ3v) is 4.47. The van der Waals surface area contributed by atoms with E-state index >= 15 is 0 Å². The molecule has 0 radical (unpaired) electrons. The van der Waals surface area contributed by atoms with Crippen LogP contribution in [0.4, 0.5) is 16.2 Å². The fraction of sp³-hybridized carbons (Fsp3) is 0.611. The minimum atomic E-state index is -0.733. The van der Waals surface area contributed by atoms with Crippen LogP contribution in [0.2, 0.25) is 0 Å². The molecule has 0 bridgehead atoms. The van der Waals surface area contributed by atoms with E-state index in [1.165, 1.54) is 0 Å². The number of hydrogen-bond acceptors (Lipinski definition) is 4. The molecule has 0 saturated heterocycles. The highest BCUT2D eigenvalue weighted by atomic mass is 16.3. The summed E-state index contributed by atoms with van der Waals surface area (Å²) in [4.78, 5) is 12.3. The van der Waals surface area contributed by atoms with Gasteiger partial charge in [-0.25, -0.2) is 4.79 Å². The number of carbonyl (C=O) groups excluding carboxylic acids is 1. The van der Waals surface area contributed by atoms with Crippen LogP contribution >= 0.6 is 0 Å². The Morgan fingerprint density at radius 3 is 2.42 bits per heavy atom. The maximum Gasteiger partial charge on any atom is 0.319 e. The van der Waals surface area contributed by atoms with Gasteiger partial charge >= 0.3 is 6.03 Å². The number of urea groups is 1. The van der Waals surface area contributed by atoms with E-state index in [4.69, 9.17) is 0 Å². The van der Waals surface area contributed by atoms with E-state index < -0.39 is 11.1 Å². The van der Waals surface area contributed by atoms with Gasteiger partial charge in [0.1, 0.15) is 0 Å². The Morgan fingerprint density at radius 2 is 1.83 bits per heavy atom. The van der Waals surface area contributed by atoms with Crippen LogP contribution in [0.25, 0.3) is 0 Å². The van der Waals surface area contributed by atoms with E-state index in [0.717, 1.165) is 31.4 Å². The number of carbonyl (C=O) groups is 1. The first kappa shape index (κ1) is 18.5. The van der Waals surface area contributed by atoms with Crippen LogP contribution in [0, 0.1) is 0 Å². The van der Waals surface area contributed by atoms with Crippen molar-refractivity contribution >= 4 is 17.4 Å². The molecule has 0 atom stereocenters. The molecule has 1 aromatic rings. The number of benzene rings is 1. The predicted molar refractivity (Wildman–Crippen MR) is 96.3 cm³/mol. The molecule has 0 aromatic heterocycles. The van der Waals surface area contributed by atoms with Gasteiger partial charge in [-0.2, -0.15) is 0 Å². The molecule has 0 spiro atoms. The van der Waals surface area contributed by atoms with Crippen LogP contribution in [0.1, 0.15) is 46.0 Å². The van der Waals surface area contributed by atoms with Gasteiger partial charge in [0.15, 0.2) is 0 Å². The maximum atomic E-state index is 12.3. The Morgan fingerprint density at radius 1 is 1.21 bits per heavy atom. The molecule has 2 amide bonds. The van der Waals surface area contributed by atoms with Crippen molar-refractivity contribution in [2.75, 3.05) is 23.8 Å². The minimum Gasteiger partial charge on any atom is -0.394 e. The molecule has 1 saturated carbocycles. The van der Waals surface area contributed by atoms with E-state index in [9.17, 15) is 15.0 Å². The van der Waals surface area contributed by atoms with Crippen LogP contribution in [0.5, 0.6) is 0 Å². The molecule has 134 valence electrons. The highest BCUT2D eigenvalue weighted by Crippen LogP contribution is 2.29. The molecule has 6 heteroatoms. The summed E-state index contributed by atoms with van der Waals surface area (Å²) in [6.45, 7) is 4.10. The second kappa shape index (κ2) is 7.85. The summed E-state index contributed by atoms with van der Waals surface area (Å²) in [7, 11) is 0. The first-order valence-corrected chi connectivity index (χ1v) is 8.59. The second-order valence-electron chi connectivity index (χ2n) is 7.26. The number of anilines is 2. The van der Waals surface area contributed by atoms with Gasteiger partial charge in [0.25, 0.3) is 0 Å². The van der Waals surface area contributed by atoms with Crippen molar-refractivity contribution < 1.29 is 15.0 Å². The Hall–Kier alpha value is -1.79. The summed E-state index contributed by atoms with van der Waals surface area (Å²) in [5, 5.41) is 28.4. The fourth-order valence-corrected chi connectivity index (χ4v) is 3.02. The van der Waals surface area contributed by atoms with Gasteiger partial charge in [-0.05, 0) is 45.2 Å². The molecule has 1 aromatic carbocycles. The zero-order chi connectivity index (χ0) is 17.6. The lowest BCUT2D eigenvalue weighted by Gasteiger charge is -2.28. The largest absolute Gasteiger partial charge is 0.394 e. The fourth-order valence-electron chi connectivity index (χ4n) is 3.02. The highest BCUT2D eigenvalue weighted by molar-refractivity contribution is 5.93. The lowest BCUT2D eigenvalue weighted by molar-refractivity contribution is 0.0749. The topological polar surface area (TPSA) is 93.6 Å². The van der Waals surface area contributed by atoms with Gasteiger partial charge in [-0.3, -0.25) is 0 Å². The molecule has 5 N–H and O–H groups in total. The van der Waals surface area contributed by atoms with E-state index in [1.807, 2.05) is 24.3 Å². The quantitative estimate of drug-likeness (QED) is 0.529. The summed E-state index contributed by atoms with van der Waals surface area (Å²) in [5.74, 6) is 0. The van der Waals surface area contributed by atoms with Crippen molar-refractivity contribution in [3.8, 4) is 0 Å². The first-order valence-electron chi connectivity index (χ1n) is 8.59. The molecular formula is C18H29N3O3. The predicted octanol–water partition coefficient (Wildman–Crippen LogP) is 2.69. The van der Waals surface area contributed by atoms with Crippen LogP contribution in [-0.4, -0.2) is 40.5 Å². The van der Waals surface area contributed by atoms with Gasteiger partial charge in [0.2, 0.25) is 0 Å². The Balaban J connectivity index is 1.95. The molecule has 6 nitrogen and oxygen atoms in total. The summed E-state index contributed by atoms with van der Waals surface area (Å²) < 4.78 is 0. The lowest BCUT2D eigenvalue weighted by Crippen LogP contribution is -2.50. The molecule has 0 aliphatic heterocycles. The maximum absolute atomic E-state index is 12.3. The molecule has 1 aliphatic rings. The van der Waals surface area contributed by atoms with Crippen LogP contribution in [0.15, 0.2) is 24.3 Å². The Labute approximate surface area is 143 Å². The normalized spacial score (nSPS) is 16.7. The molecule has 2 rings (SSSR count).